The van der Waals surface area contributed by atoms with Crippen LogP contribution in [-0.4, -0.2) is 62.0 Å². The molecule has 0 saturated heterocycles. The fourth-order valence-electron chi connectivity index (χ4n) is 3.80. The molecular formula is C22H28N2O6S. The van der Waals surface area contributed by atoms with Crippen molar-refractivity contribution < 1.29 is 27.9 Å². The molecule has 1 heterocycles. The number of benzene rings is 2. The number of rotatable bonds is 10. The molecule has 168 valence electrons. The van der Waals surface area contributed by atoms with Gasteiger partial charge in [-0.3, -0.25) is 10.0 Å². The maximum atomic E-state index is 13.1. The normalized spacial score (nSPS) is 15.1. The maximum Gasteiger partial charge on any atom is 0.233 e. The van der Waals surface area contributed by atoms with Gasteiger partial charge in [0.05, 0.1) is 26.0 Å². The van der Waals surface area contributed by atoms with Crippen molar-refractivity contribution in [2.24, 2.45) is 0 Å². The molecule has 1 aliphatic heterocycles. The zero-order valence-corrected chi connectivity index (χ0v) is 18.5. The molecule has 0 bridgehead atoms. The average molecular weight is 449 g/mol. The third kappa shape index (κ3) is 5.55. The Balaban J connectivity index is 1.74. The SMILES string of the molecule is COc1cc2c(cc1OC)CN(S(=O)(=O)CC(CCc1ccccc1)N(O)C=O)CC2. The Morgan fingerprint density at radius 2 is 1.77 bits per heavy atom. The summed E-state index contributed by atoms with van der Waals surface area (Å²) in [4.78, 5) is 11.2. The number of amides is 1. The highest BCUT2D eigenvalue weighted by Crippen LogP contribution is 2.34. The first kappa shape index (κ1) is 23.1. The van der Waals surface area contributed by atoms with Crippen LogP contribution in [0.25, 0.3) is 0 Å². The van der Waals surface area contributed by atoms with Gasteiger partial charge in [-0.05, 0) is 48.1 Å². The van der Waals surface area contributed by atoms with E-state index in [4.69, 9.17) is 9.47 Å². The third-order valence-corrected chi connectivity index (χ3v) is 7.48. The lowest BCUT2D eigenvalue weighted by Gasteiger charge is -2.31. The number of nitrogens with zero attached hydrogens (tertiary/aromatic N) is 2. The quantitative estimate of drug-likeness (QED) is 0.340. The van der Waals surface area contributed by atoms with Gasteiger partial charge in [0.15, 0.2) is 11.5 Å². The number of sulfonamides is 1. The Bertz CT molecular complexity index is 997. The molecule has 31 heavy (non-hydrogen) atoms. The second-order valence-corrected chi connectivity index (χ2v) is 9.52. The molecule has 0 fully saturated rings. The molecule has 8 nitrogen and oxygen atoms in total. The molecule has 0 spiro atoms. The lowest BCUT2D eigenvalue weighted by atomic mass is 10.0. The lowest BCUT2D eigenvalue weighted by Crippen LogP contribution is -2.44. The van der Waals surface area contributed by atoms with E-state index in [-0.39, 0.29) is 18.7 Å². The van der Waals surface area contributed by atoms with Gasteiger partial charge in [-0.15, -0.1) is 0 Å². The summed E-state index contributed by atoms with van der Waals surface area (Å²) in [6, 6.07) is 12.4. The first-order valence-electron chi connectivity index (χ1n) is 10.1. The molecule has 2 aromatic rings. The minimum absolute atomic E-state index is 0.204. The summed E-state index contributed by atoms with van der Waals surface area (Å²) in [5.41, 5.74) is 2.88. The van der Waals surface area contributed by atoms with Crippen molar-refractivity contribution in [3.05, 3.63) is 59.2 Å². The van der Waals surface area contributed by atoms with E-state index in [9.17, 15) is 18.4 Å². The summed E-state index contributed by atoms with van der Waals surface area (Å²) in [5, 5.41) is 10.5. The van der Waals surface area contributed by atoms with Crippen molar-refractivity contribution in [1.29, 1.82) is 0 Å². The first-order chi connectivity index (χ1) is 14.9. The van der Waals surface area contributed by atoms with Gasteiger partial charge in [-0.25, -0.2) is 13.5 Å². The Kier molecular flexibility index (Phi) is 7.53. The van der Waals surface area contributed by atoms with E-state index in [1.165, 1.54) is 11.4 Å². The van der Waals surface area contributed by atoms with Crippen molar-refractivity contribution in [1.82, 2.24) is 9.37 Å². The van der Waals surface area contributed by atoms with E-state index in [0.29, 0.717) is 42.4 Å². The van der Waals surface area contributed by atoms with Crippen molar-refractivity contribution in [3.8, 4) is 11.5 Å². The van der Waals surface area contributed by atoms with Crippen LogP contribution < -0.4 is 9.47 Å². The summed E-state index contributed by atoms with van der Waals surface area (Å²) in [6.07, 6.45) is 1.67. The van der Waals surface area contributed by atoms with E-state index in [1.54, 1.807) is 13.2 Å². The fourth-order valence-corrected chi connectivity index (χ4v) is 5.52. The predicted molar refractivity (Wildman–Crippen MR) is 116 cm³/mol. The van der Waals surface area contributed by atoms with E-state index >= 15 is 0 Å². The van der Waals surface area contributed by atoms with E-state index in [0.717, 1.165) is 16.7 Å². The minimum Gasteiger partial charge on any atom is -0.493 e. The summed E-state index contributed by atoms with van der Waals surface area (Å²) in [7, 11) is -0.621. The highest BCUT2D eigenvalue weighted by molar-refractivity contribution is 7.89. The predicted octanol–water partition coefficient (Wildman–Crippen LogP) is 2.24. The molecule has 0 aliphatic carbocycles. The van der Waals surface area contributed by atoms with E-state index in [2.05, 4.69) is 0 Å². The number of methoxy groups -OCH3 is 2. The average Bonchev–Trinajstić information content (AvgIpc) is 2.80. The number of fused-ring (bicyclic) bond motifs is 1. The molecule has 9 heteroatoms. The Morgan fingerprint density at radius 3 is 2.39 bits per heavy atom. The van der Waals surface area contributed by atoms with Gasteiger partial charge in [-0.1, -0.05) is 30.3 Å². The van der Waals surface area contributed by atoms with Crippen LogP contribution in [0.2, 0.25) is 0 Å². The van der Waals surface area contributed by atoms with Gasteiger partial charge >= 0.3 is 0 Å². The molecule has 1 atom stereocenters. The van der Waals surface area contributed by atoms with Crippen molar-refractivity contribution in [2.75, 3.05) is 26.5 Å². The Morgan fingerprint density at radius 1 is 1.13 bits per heavy atom. The second kappa shape index (κ2) is 10.1. The zero-order valence-electron chi connectivity index (χ0n) is 17.7. The topological polar surface area (TPSA) is 96.4 Å². The van der Waals surface area contributed by atoms with Crippen LogP contribution in [0.5, 0.6) is 11.5 Å². The van der Waals surface area contributed by atoms with Crippen molar-refractivity contribution in [3.63, 3.8) is 0 Å². The summed E-state index contributed by atoms with van der Waals surface area (Å²) >= 11 is 0. The molecule has 0 saturated carbocycles. The largest absolute Gasteiger partial charge is 0.493 e. The number of aryl methyl sites for hydroxylation is 1. The van der Waals surface area contributed by atoms with Crippen molar-refractivity contribution >= 4 is 16.4 Å². The van der Waals surface area contributed by atoms with Gasteiger partial charge in [-0.2, -0.15) is 4.31 Å². The van der Waals surface area contributed by atoms with Gasteiger partial charge in [0.2, 0.25) is 16.4 Å². The van der Waals surface area contributed by atoms with Crippen LogP contribution in [0.4, 0.5) is 0 Å². The molecule has 2 aromatic carbocycles. The summed E-state index contributed by atoms with van der Waals surface area (Å²) < 4.78 is 38.3. The number of carbonyl (C=O) groups is 1. The van der Waals surface area contributed by atoms with Crippen molar-refractivity contribution in [2.45, 2.75) is 31.8 Å². The molecule has 1 unspecified atom stereocenters. The van der Waals surface area contributed by atoms with E-state index < -0.39 is 16.1 Å². The van der Waals surface area contributed by atoms with Gasteiger partial charge in [0, 0.05) is 13.1 Å². The van der Waals surface area contributed by atoms with Crippen LogP contribution in [-0.2, 0) is 34.2 Å². The Hall–Kier alpha value is -2.62. The molecular weight excluding hydrogens is 420 g/mol. The summed E-state index contributed by atoms with van der Waals surface area (Å²) in [5.74, 6) is 0.807. The lowest BCUT2D eigenvalue weighted by molar-refractivity contribution is -0.158. The maximum absolute atomic E-state index is 13.1. The number of ether oxygens (including phenoxy) is 2. The first-order valence-corrected chi connectivity index (χ1v) is 11.7. The van der Waals surface area contributed by atoms with Crippen LogP contribution in [0.15, 0.2) is 42.5 Å². The van der Waals surface area contributed by atoms with Gasteiger partial charge in [0.25, 0.3) is 0 Å². The minimum atomic E-state index is -3.72. The number of carbonyl (C=O) groups excluding carboxylic acids is 1. The monoisotopic (exact) mass is 448 g/mol. The van der Waals surface area contributed by atoms with E-state index in [1.807, 2.05) is 36.4 Å². The molecule has 0 aromatic heterocycles. The van der Waals surface area contributed by atoms with Gasteiger partial charge in [0.1, 0.15) is 0 Å². The number of hydrogen-bond acceptors (Lipinski definition) is 6. The second-order valence-electron chi connectivity index (χ2n) is 7.50. The Labute approximate surface area is 183 Å². The van der Waals surface area contributed by atoms with Crippen LogP contribution in [0.3, 0.4) is 0 Å². The fraction of sp³-hybridized carbons (Fsp3) is 0.409. The molecule has 1 aliphatic rings. The molecule has 3 rings (SSSR count). The van der Waals surface area contributed by atoms with Crippen LogP contribution in [0, 0.1) is 0 Å². The highest BCUT2D eigenvalue weighted by Gasteiger charge is 2.32. The summed E-state index contributed by atoms with van der Waals surface area (Å²) in [6.45, 7) is 0.526. The van der Waals surface area contributed by atoms with Crippen LogP contribution in [0.1, 0.15) is 23.1 Å². The molecule has 1 amide bonds. The molecule has 1 N–H and O–H groups in total. The molecule has 0 radical (unpaired) electrons. The number of hydroxylamine groups is 2. The number of hydrogen-bond donors (Lipinski definition) is 1. The highest BCUT2D eigenvalue weighted by atomic mass is 32.2. The van der Waals surface area contributed by atoms with Gasteiger partial charge < -0.3 is 9.47 Å². The standard InChI is InChI=1S/C22H28N2O6S/c1-29-21-12-18-10-11-23(14-19(18)13-22(21)30-2)31(27,28)15-20(24(26)16-25)9-8-17-6-4-3-5-7-17/h3-7,12-13,16,20,26H,8-11,14-15H2,1-2H3. The van der Waals surface area contributed by atoms with Crippen LogP contribution >= 0.6 is 0 Å². The third-order valence-electron chi connectivity index (χ3n) is 5.57. The zero-order chi connectivity index (χ0) is 22.4. The smallest absolute Gasteiger partial charge is 0.233 e.